The van der Waals surface area contributed by atoms with Crippen molar-refractivity contribution in [3.8, 4) is 0 Å². The van der Waals surface area contributed by atoms with Crippen LogP contribution < -0.4 is 5.32 Å². The average molecular weight is 320 g/mol. The molecule has 2 N–H and O–H groups in total. The highest BCUT2D eigenvalue weighted by Crippen LogP contribution is 2.15. The Hall–Kier alpha value is -1.83. The minimum Gasteiger partial charge on any atom is -0.395 e. The van der Waals surface area contributed by atoms with E-state index in [2.05, 4.69) is 27.3 Å². The number of nitrogens with zero attached hydrogens (tertiary/aromatic N) is 3. The number of nitrogens with one attached hydrogen (secondary N) is 1. The normalized spacial score (nSPS) is 10.9. The molecule has 1 aromatic carbocycles. The van der Waals surface area contributed by atoms with Gasteiger partial charge >= 0.3 is 0 Å². The van der Waals surface area contributed by atoms with Crippen LogP contribution in [-0.4, -0.2) is 45.8 Å². The summed E-state index contributed by atoms with van der Waals surface area (Å²) in [7, 11) is 0. The summed E-state index contributed by atoms with van der Waals surface area (Å²) in [5.41, 5.74) is 0.733. The molecule has 22 heavy (non-hydrogen) atoms. The van der Waals surface area contributed by atoms with Gasteiger partial charge in [-0.05, 0) is 25.1 Å². The van der Waals surface area contributed by atoms with Crippen molar-refractivity contribution < 1.29 is 9.90 Å². The van der Waals surface area contributed by atoms with E-state index in [0.29, 0.717) is 18.1 Å². The van der Waals surface area contributed by atoms with Gasteiger partial charge in [0.1, 0.15) is 5.01 Å². The smallest absolute Gasteiger partial charge is 0.286 e. The van der Waals surface area contributed by atoms with Crippen molar-refractivity contribution in [2.24, 2.45) is 0 Å². The molecule has 0 aliphatic carbocycles. The van der Waals surface area contributed by atoms with Crippen LogP contribution >= 0.6 is 11.3 Å². The molecule has 0 atom stereocenters. The number of carbonyl (C=O) groups is 1. The molecule has 0 bridgehead atoms. The number of amides is 1. The second kappa shape index (κ2) is 8.57. The predicted octanol–water partition coefficient (Wildman–Crippen LogP) is 1.99. The van der Waals surface area contributed by atoms with Crippen LogP contribution in [0, 0.1) is 0 Å². The van der Waals surface area contributed by atoms with Gasteiger partial charge in [-0.1, -0.05) is 36.5 Å². The number of aliphatic hydroxyl groups excluding tert-OH is 1. The van der Waals surface area contributed by atoms with Gasteiger partial charge in [0.05, 0.1) is 13.2 Å². The van der Waals surface area contributed by atoms with Gasteiger partial charge in [0.15, 0.2) is 0 Å². The van der Waals surface area contributed by atoms with Crippen molar-refractivity contribution in [2.75, 3.05) is 25.0 Å². The van der Waals surface area contributed by atoms with Gasteiger partial charge in [0.25, 0.3) is 5.91 Å². The molecule has 0 aliphatic heterocycles. The van der Waals surface area contributed by atoms with Crippen molar-refractivity contribution >= 4 is 22.9 Å². The fourth-order valence-electron chi connectivity index (χ4n) is 2.03. The summed E-state index contributed by atoms with van der Waals surface area (Å²) < 4.78 is 0. The lowest BCUT2D eigenvalue weighted by atomic mass is 10.3. The third-order valence-corrected chi connectivity index (χ3v) is 3.91. The molecule has 0 spiro atoms. The molecule has 0 saturated heterocycles. The van der Waals surface area contributed by atoms with E-state index in [0.717, 1.165) is 23.7 Å². The van der Waals surface area contributed by atoms with Crippen molar-refractivity contribution in [3.63, 3.8) is 0 Å². The van der Waals surface area contributed by atoms with Gasteiger partial charge < -0.3 is 10.4 Å². The molecule has 118 valence electrons. The van der Waals surface area contributed by atoms with Gasteiger partial charge in [-0.15, -0.1) is 10.2 Å². The van der Waals surface area contributed by atoms with Crippen LogP contribution in [-0.2, 0) is 6.54 Å². The first-order chi connectivity index (χ1) is 10.7. The second-order valence-electron chi connectivity index (χ2n) is 4.82. The van der Waals surface area contributed by atoms with Crippen LogP contribution in [0.3, 0.4) is 0 Å². The number of para-hydroxylation sites is 1. The van der Waals surface area contributed by atoms with Gasteiger partial charge in [-0.25, -0.2) is 0 Å². The number of benzene rings is 1. The third kappa shape index (κ3) is 4.87. The maximum atomic E-state index is 12.1. The lowest BCUT2D eigenvalue weighted by Gasteiger charge is -2.18. The Morgan fingerprint density at radius 2 is 2.05 bits per heavy atom. The molecule has 7 heteroatoms. The number of carbonyl (C=O) groups excluding carboxylic acids is 1. The van der Waals surface area contributed by atoms with Crippen molar-refractivity contribution in [1.82, 2.24) is 15.1 Å². The zero-order valence-electron chi connectivity index (χ0n) is 12.5. The highest BCUT2D eigenvalue weighted by molar-refractivity contribution is 7.13. The molecule has 0 saturated carbocycles. The van der Waals surface area contributed by atoms with Crippen molar-refractivity contribution in [2.45, 2.75) is 19.9 Å². The van der Waals surface area contributed by atoms with Crippen LogP contribution in [0.4, 0.5) is 5.69 Å². The van der Waals surface area contributed by atoms with Crippen molar-refractivity contribution in [1.29, 1.82) is 0 Å². The Bertz CT molecular complexity index is 582. The maximum Gasteiger partial charge on any atom is 0.286 e. The van der Waals surface area contributed by atoms with Crippen LogP contribution in [0.15, 0.2) is 30.3 Å². The molecule has 1 heterocycles. The fourth-order valence-corrected chi connectivity index (χ4v) is 2.81. The number of hydrogen-bond donors (Lipinski definition) is 2. The minimum absolute atomic E-state index is 0.111. The van der Waals surface area contributed by atoms with Crippen LogP contribution in [0.1, 0.15) is 28.2 Å². The summed E-state index contributed by atoms with van der Waals surface area (Å²) in [5.74, 6) is -0.251. The molecule has 1 amide bonds. The summed E-state index contributed by atoms with van der Waals surface area (Å²) in [6, 6.07) is 9.26. The topological polar surface area (TPSA) is 78.3 Å². The predicted molar refractivity (Wildman–Crippen MR) is 87.0 cm³/mol. The number of rotatable bonds is 8. The summed E-state index contributed by atoms with van der Waals surface area (Å²) in [5, 5.41) is 21.0. The molecule has 0 radical (unpaired) electrons. The summed E-state index contributed by atoms with van der Waals surface area (Å²) >= 11 is 1.28. The lowest BCUT2D eigenvalue weighted by Crippen LogP contribution is -2.27. The van der Waals surface area contributed by atoms with E-state index in [1.165, 1.54) is 11.3 Å². The number of aromatic nitrogens is 2. The average Bonchev–Trinajstić information content (AvgIpc) is 2.97. The highest BCUT2D eigenvalue weighted by atomic mass is 32.1. The van der Waals surface area contributed by atoms with Gasteiger partial charge in [-0.2, -0.15) is 0 Å². The Labute approximate surface area is 133 Å². The number of hydrogen-bond acceptors (Lipinski definition) is 6. The van der Waals surface area contributed by atoms with E-state index in [-0.39, 0.29) is 12.5 Å². The molecule has 0 fully saturated rings. The van der Waals surface area contributed by atoms with Gasteiger partial charge in [0.2, 0.25) is 5.01 Å². The number of anilines is 1. The Balaban J connectivity index is 1.96. The minimum atomic E-state index is -0.251. The Morgan fingerprint density at radius 3 is 2.73 bits per heavy atom. The molecule has 2 aromatic rings. The van der Waals surface area contributed by atoms with Gasteiger partial charge in [0, 0.05) is 12.2 Å². The maximum absolute atomic E-state index is 12.1. The lowest BCUT2D eigenvalue weighted by molar-refractivity contribution is 0.102. The molecular formula is C15H20N4O2S. The zero-order chi connectivity index (χ0) is 15.8. The van der Waals surface area contributed by atoms with Crippen molar-refractivity contribution in [3.05, 3.63) is 40.3 Å². The van der Waals surface area contributed by atoms with Gasteiger partial charge in [-0.3, -0.25) is 9.69 Å². The molecule has 0 aliphatic rings. The standard InChI is InChI=1S/C15H20N4O2S/c1-2-8-19(9-10-20)11-13-17-18-15(22-13)14(21)16-12-6-4-3-5-7-12/h3-7,20H,2,8-11H2,1H3,(H,16,21). The molecule has 1 aromatic heterocycles. The monoisotopic (exact) mass is 320 g/mol. The summed E-state index contributed by atoms with van der Waals surface area (Å²) in [4.78, 5) is 14.2. The Kier molecular flexibility index (Phi) is 6.45. The van der Waals surface area contributed by atoms with E-state index in [1.54, 1.807) is 0 Å². The second-order valence-corrected chi connectivity index (χ2v) is 5.88. The Morgan fingerprint density at radius 1 is 1.27 bits per heavy atom. The summed E-state index contributed by atoms with van der Waals surface area (Å²) in [6.07, 6.45) is 1.00. The van der Waals surface area contributed by atoms with E-state index < -0.39 is 0 Å². The zero-order valence-corrected chi connectivity index (χ0v) is 13.3. The first-order valence-corrected chi connectivity index (χ1v) is 8.06. The van der Waals surface area contributed by atoms with Crippen LogP contribution in [0.5, 0.6) is 0 Å². The van der Waals surface area contributed by atoms with E-state index in [1.807, 2.05) is 30.3 Å². The molecule has 2 rings (SSSR count). The summed E-state index contributed by atoms with van der Waals surface area (Å²) in [6.45, 7) is 4.28. The van der Waals surface area contributed by atoms with Crippen LogP contribution in [0.2, 0.25) is 0 Å². The number of aliphatic hydroxyl groups is 1. The quantitative estimate of drug-likeness (QED) is 0.778. The highest BCUT2D eigenvalue weighted by Gasteiger charge is 2.14. The van der Waals surface area contributed by atoms with E-state index in [4.69, 9.17) is 5.11 Å². The largest absolute Gasteiger partial charge is 0.395 e. The first-order valence-electron chi connectivity index (χ1n) is 7.25. The molecule has 0 unspecified atom stereocenters. The van der Waals surface area contributed by atoms with Crippen LogP contribution in [0.25, 0.3) is 0 Å². The first kappa shape index (κ1) is 16.5. The van der Waals surface area contributed by atoms with E-state index in [9.17, 15) is 4.79 Å². The molecule has 6 nitrogen and oxygen atoms in total. The fraction of sp³-hybridized carbons (Fsp3) is 0.400. The molecular weight excluding hydrogens is 300 g/mol. The SMILES string of the molecule is CCCN(CCO)Cc1nnc(C(=O)Nc2ccccc2)s1. The van der Waals surface area contributed by atoms with E-state index >= 15 is 0 Å². The third-order valence-electron chi connectivity index (χ3n) is 3.01.